The molecule has 30 heavy (non-hydrogen) atoms. The summed E-state index contributed by atoms with van der Waals surface area (Å²) in [5.74, 6) is 1.47. The van der Waals surface area contributed by atoms with Crippen LogP contribution in [0.1, 0.15) is 85.5 Å². The Hall–Kier alpha value is -1.32. The molecule has 168 valence electrons. The van der Waals surface area contributed by atoms with Crippen LogP contribution in [0.4, 0.5) is 0 Å². The third kappa shape index (κ3) is 5.11. The summed E-state index contributed by atoms with van der Waals surface area (Å²) < 4.78 is 0. The average Bonchev–Trinajstić information content (AvgIpc) is 3.00. The second-order valence-electron chi connectivity index (χ2n) is 10.9. The van der Waals surface area contributed by atoms with Crippen LogP contribution in [-0.4, -0.2) is 27.0 Å². The fraction of sp³-hybridized carbons (Fsp3) is 0.704. The molecular weight excluding hydrogens is 372 g/mol. The van der Waals surface area contributed by atoms with Crippen molar-refractivity contribution in [3.8, 4) is 0 Å². The normalized spacial score (nSPS) is 34.5. The summed E-state index contributed by atoms with van der Waals surface area (Å²) >= 11 is 0. The minimum Gasteiger partial charge on any atom is -0.513 e. The first kappa shape index (κ1) is 23.3. The third-order valence-corrected chi connectivity index (χ3v) is 7.90. The third-order valence-electron chi connectivity index (χ3n) is 7.90. The molecule has 0 radical (unpaired) electrons. The predicted octanol–water partition coefficient (Wildman–Crippen LogP) is 6.40. The summed E-state index contributed by atoms with van der Waals surface area (Å²) in [5.41, 5.74) is 3.69. The molecule has 0 aliphatic heterocycles. The van der Waals surface area contributed by atoms with Crippen molar-refractivity contribution >= 4 is 0 Å². The Kier molecular flexibility index (Phi) is 7.04. The summed E-state index contributed by atoms with van der Waals surface area (Å²) in [5, 5.41) is 30.1. The molecule has 0 heterocycles. The molecule has 5 atom stereocenters. The van der Waals surface area contributed by atoms with E-state index in [1.165, 1.54) is 12.8 Å². The van der Waals surface area contributed by atoms with Crippen LogP contribution in [0.3, 0.4) is 0 Å². The Balaban J connectivity index is 1.67. The van der Waals surface area contributed by atoms with Gasteiger partial charge in [0.25, 0.3) is 0 Å². The zero-order chi connectivity index (χ0) is 22.1. The van der Waals surface area contributed by atoms with Gasteiger partial charge in [-0.15, -0.1) is 0 Å². The summed E-state index contributed by atoms with van der Waals surface area (Å²) in [6.45, 7) is 12.7. The maximum atomic E-state index is 10.1. The van der Waals surface area contributed by atoms with Gasteiger partial charge in [-0.2, -0.15) is 0 Å². The van der Waals surface area contributed by atoms with Crippen LogP contribution in [0, 0.1) is 23.2 Å². The van der Waals surface area contributed by atoms with Gasteiger partial charge in [0.1, 0.15) is 0 Å². The van der Waals surface area contributed by atoms with E-state index in [2.05, 4.69) is 32.6 Å². The van der Waals surface area contributed by atoms with Crippen molar-refractivity contribution in [1.82, 2.24) is 0 Å². The minimum absolute atomic E-state index is 0.0315. The number of hydrogen-bond acceptors (Lipinski definition) is 3. The lowest BCUT2D eigenvalue weighted by atomic mass is 9.62. The smallest absolute Gasteiger partial charge is 0.0918 e. The van der Waals surface area contributed by atoms with Crippen molar-refractivity contribution < 1.29 is 15.3 Å². The highest BCUT2D eigenvalue weighted by molar-refractivity contribution is 5.33. The largest absolute Gasteiger partial charge is 0.513 e. The van der Waals surface area contributed by atoms with Crippen LogP contribution in [0.25, 0.3) is 0 Å². The average molecular weight is 415 g/mol. The highest BCUT2D eigenvalue weighted by atomic mass is 16.3. The second-order valence-corrected chi connectivity index (χ2v) is 10.9. The number of aliphatic hydroxyl groups excluding tert-OH is 2. The molecule has 1 unspecified atom stereocenters. The number of allylic oxidation sites excluding steroid dienone is 5. The van der Waals surface area contributed by atoms with Gasteiger partial charge < -0.3 is 15.3 Å². The van der Waals surface area contributed by atoms with Gasteiger partial charge in [-0.1, -0.05) is 50.1 Å². The standard InChI is InChI=1S/C27H42O3/c1-18(8-6-14-26(3,4)30)23-12-13-24-20(9-7-15-27(23,24)5)10-11-21-16-22(28)17-25(29)19(21)2/h10,12,16,18,21,24-25,28-30H,2,6-9,11,13-15,17H2,1,3-5H3/b20-10+/t18-,21?,24+,25-,27-/m1/s1. The molecule has 0 aromatic heterocycles. The SMILES string of the molecule is C=C1C(C/C=C2\CCC[C@]3(C)C([C@H](C)CCCC(C)(C)O)=CC[C@@H]23)C=C(O)C[C@H]1O. The molecule has 3 heteroatoms. The van der Waals surface area contributed by atoms with E-state index >= 15 is 0 Å². The van der Waals surface area contributed by atoms with Crippen LogP contribution in [0.5, 0.6) is 0 Å². The van der Waals surface area contributed by atoms with Gasteiger partial charge in [0, 0.05) is 12.3 Å². The molecule has 0 aromatic carbocycles. The van der Waals surface area contributed by atoms with Crippen LogP contribution in [0.15, 0.2) is 47.3 Å². The van der Waals surface area contributed by atoms with Gasteiger partial charge in [0.15, 0.2) is 0 Å². The van der Waals surface area contributed by atoms with Gasteiger partial charge in [0.2, 0.25) is 0 Å². The molecule has 0 saturated heterocycles. The number of rotatable bonds is 7. The Morgan fingerprint density at radius 3 is 2.80 bits per heavy atom. The first-order chi connectivity index (χ1) is 14.0. The minimum atomic E-state index is -0.625. The number of hydrogen-bond donors (Lipinski definition) is 3. The fourth-order valence-electron chi connectivity index (χ4n) is 6.14. The molecule has 3 aliphatic rings. The van der Waals surface area contributed by atoms with E-state index in [4.69, 9.17) is 0 Å². The Morgan fingerprint density at radius 1 is 1.37 bits per heavy atom. The lowest BCUT2D eigenvalue weighted by Crippen LogP contribution is -2.32. The number of aliphatic hydroxyl groups is 3. The van der Waals surface area contributed by atoms with Crippen LogP contribution in [-0.2, 0) is 0 Å². The van der Waals surface area contributed by atoms with E-state index in [9.17, 15) is 15.3 Å². The highest BCUT2D eigenvalue weighted by Crippen LogP contribution is 2.57. The quantitative estimate of drug-likeness (QED) is 0.423. The molecular formula is C27H42O3. The molecule has 0 aromatic rings. The molecule has 3 rings (SSSR count). The summed E-state index contributed by atoms with van der Waals surface area (Å²) in [7, 11) is 0. The molecule has 3 N–H and O–H groups in total. The van der Waals surface area contributed by atoms with Crippen molar-refractivity contribution in [3.05, 3.63) is 47.3 Å². The first-order valence-electron chi connectivity index (χ1n) is 11.9. The van der Waals surface area contributed by atoms with Gasteiger partial charge in [-0.25, -0.2) is 0 Å². The van der Waals surface area contributed by atoms with Crippen LogP contribution in [0.2, 0.25) is 0 Å². The Labute approximate surface area is 183 Å². The lowest BCUT2D eigenvalue weighted by Gasteiger charge is -2.43. The lowest BCUT2D eigenvalue weighted by molar-refractivity contribution is 0.0670. The molecule has 0 bridgehead atoms. The van der Waals surface area contributed by atoms with Crippen molar-refractivity contribution in [2.75, 3.05) is 0 Å². The van der Waals surface area contributed by atoms with Gasteiger partial charge in [0.05, 0.1) is 17.5 Å². The first-order valence-corrected chi connectivity index (χ1v) is 11.9. The number of fused-ring (bicyclic) bond motifs is 1. The maximum absolute atomic E-state index is 10.1. The van der Waals surface area contributed by atoms with E-state index in [-0.39, 0.29) is 17.1 Å². The zero-order valence-electron chi connectivity index (χ0n) is 19.5. The van der Waals surface area contributed by atoms with E-state index in [0.29, 0.717) is 18.3 Å². The monoisotopic (exact) mass is 414 g/mol. The molecule has 3 nitrogen and oxygen atoms in total. The summed E-state index contributed by atoms with van der Waals surface area (Å²) in [6, 6.07) is 0. The van der Waals surface area contributed by atoms with Gasteiger partial charge in [-0.05, 0) is 87.7 Å². The molecule has 0 spiro atoms. The topological polar surface area (TPSA) is 60.7 Å². The van der Waals surface area contributed by atoms with Gasteiger partial charge in [-0.3, -0.25) is 0 Å². The Morgan fingerprint density at radius 2 is 2.10 bits per heavy atom. The van der Waals surface area contributed by atoms with E-state index in [1.807, 2.05) is 19.9 Å². The molecule has 0 amide bonds. The molecule has 1 saturated carbocycles. The molecule has 3 aliphatic carbocycles. The van der Waals surface area contributed by atoms with Crippen molar-refractivity contribution in [3.63, 3.8) is 0 Å². The second kappa shape index (κ2) is 9.04. The van der Waals surface area contributed by atoms with E-state index in [1.54, 1.807) is 11.1 Å². The Bertz CT molecular complexity index is 736. The highest BCUT2D eigenvalue weighted by Gasteiger charge is 2.45. The fourth-order valence-corrected chi connectivity index (χ4v) is 6.14. The summed E-state index contributed by atoms with van der Waals surface area (Å²) in [4.78, 5) is 0. The predicted molar refractivity (Wildman–Crippen MR) is 124 cm³/mol. The maximum Gasteiger partial charge on any atom is 0.0918 e. The van der Waals surface area contributed by atoms with E-state index in [0.717, 1.165) is 44.1 Å². The zero-order valence-corrected chi connectivity index (χ0v) is 19.5. The van der Waals surface area contributed by atoms with Gasteiger partial charge >= 0.3 is 0 Å². The van der Waals surface area contributed by atoms with E-state index < -0.39 is 11.7 Å². The van der Waals surface area contributed by atoms with Crippen LogP contribution < -0.4 is 0 Å². The van der Waals surface area contributed by atoms with Crippen molar-refractivity contribution in [2.45, 2.75) is 97.2 Å². The summed E-state index contributed by atoms with van der Waals surface area (Å²) in [6.07, 6.45) is 15.1. The van der Waals surface area contributed by atoms with Crippen LogP contribution >= 0.6 is 0 Å². The van der Waals surface area contributed by atoms with Crippen molar-refractivity contribution in [1.29, 1.82) is 0 Å². The molecule has 1 fully saturated rings. The van der Waals surface area contributed by atoms with Crippen molar-refractivity contribution in [2.24, 2.45) is 23.2 Å².